The Hall–Kier alpha value is -3.41. The first-order chi connectivity index (χ1) is 12.8. The predicted molar refractivity (Wildman–Crippen MR) is 103 cm³/mol. The van der Waals surface area contributed by atoms with Gasteiger partial charge in [-0.05, 0) is 25.0 Å². The van der Waals surface area contributed by atoms with Gasteiger partial charge < -0.3 is 11.1 Å². The molecule has 0 aliphatic heterocycles. The number of nitrogens with one attached hydrogen (secondary N) is 1. The number of aromatic nitrogens is 4. The van der Waals surface area contributed by atoms with Gasteiger partial charge in [0, 0.05) is 11.6 Å². The summed E-state index contributed by atoms with van der Waals surface area (Å²) in [5.41, 5.74) is 9.78. The molecular formula is C20H18N6. The van der Waals surface area contributed by atoms with Crippen molar-refractivity contribution >= 4 is 22.8 Å². The number of hydrogen-bond donors (Lipinski definition) is 2. The second kappa shape index (κ2) is 5.84. The molecular weight excluding hydrogens is 324 g/mol. The summed E-state index contributed by atoms with van der Waals surface area (Å²) in [5, 5.41) is 8.81. The van der Waals surface area contributed by atoms with Gasteiger partial charge in [-0.25, -0.2) is 9.67 Å². The fourth-order valence-electron chi connectivity index (χ4n) is 3.06. The maximum Gasteiger partial charge on any atom is 0.225 e. The molecule has 0 bridgehead atoms. The van der Waals surface area contributed by atoms with Crippen LogP contribution in [-0.4, -0.2) is 25.8 Å². The average molecular weight is 342 g/mol. The molecule has 0 radical (unpaired) electrons. The number of para-hydroxylation sites is 1. The number of fused-ring (bicyclic) bond motifs is 1. The third kappa shape index (κ3) is 2.56. The zero-order valence-corrected chi connectivity index (χ0v) is 14.1. The van der Waals surface area contributed by atoms with Gasteiger partial charge >= 0.3 is 0 Å². The monoisotopic (exact) mass is 342 g/mol. The summed E-state index contributed by atoms with van der Waals surface area (Å²) in [6.45, 7) is 0. The van der Waals surface area contributed by atoms with Crippen LogP contribution in [0.3, 0.4) is 0 Å². The highest BCUT2D eigenvalue weighted by molar-refractivity contribution is 5.99. The number of anilines is 2. The van der Waals surface area contributed by atoms with E-state index in [4.69, 9.17) is 10.7 Å². The van der Waals surface area contributed by atoms with Crippen molar-refractivity contribution in [1.29, 1.82) is 0 Å². The van der Waals surface area contributed by atoms with E-state index in [0.29, 0.717) is 23.5 Å². The fourth-order valence-corrected chi connectivity index (χ4v) is 3.06. The zero-order chi connectivity index (χ0) is 17.5. The lowest BCUT2D eigenvalue weighted by Gasteiger charge is -2.07. The average Bonchev–Trinajstić information content (AvgIpc) is 3.44. The van der Waals surface area contributed by atoms with Gasteiger partial charge in [-0.1, -0.05) is 48.5 Å². The predicted octanol–water partition coefficient (Wildman–Crippen LogP) is 3.64. The number of nitrogens with zero attached hydrogens (tertiary/aromatic N) is 4. The second-order valence-electron chi connectivity index (χ2n) is 6.51. The van der Waals surface area contributed by atoms with Crippen molar-refractivity contribution in [2.45, 2.75) is 18.9 Å². The summed E-state index contributed by atoms with van der Waals surface area (Å²) in [6, 6.07) is 20.3. The highest BCUT2D eigenvalue weighted by atomic mass is 15.3. The summed E-state index contributed by atoms with van der Waals surface area (Å²) >= 11 is 0. The number of hydrogen-bond acceptors (Lipinski definition) is 5. The van der Waals surface area contributed by atoms with Crippen molar-refractivity contribution < 1.29 is 0 Å². The Morgan fingerprint density at radius 2 is 1.62 bits per heavy atom. The SMILES string of the molecule is Nc1c2c(-c3ccccc3)nc(NC3CC3)nc2nn1-c1ccccc1. The van der Waals surface area contributed by atoms with Gasteiger partial charge in [-0.15, -0.1) is 5.10 Å². The van der Waals surface area contributed by atoms with Crippen LogP contribution in [0.15, 0.2) is 60.7 Å². The van der Waals surface area contributed by atoms with Crippen LogP contribution < -0.4 is 11.1 Å². The molecule has 1 aliphatic rings. The molecule has 26 heavy (non-hydrogen) atoms. The van der Waals surface area contributed by atoms with Gasteiger partial charge in [0.2, 0.25) is 5.95 Å². The third-order valence-electron chi connectivity index (χ3n) is 4.53. The Morgan fingerprint density at radius 1 is 0.923 bits per heavy atom. The molecule has 1 fully saturated rings. The molecule has 0 amide bonds. The van der Waals surface area contributed by atoms with Gasteiger partial charge in [0.15, 0.2) is 5.65 Å². The number of rotatable bonds is 4. The molecule has 2 aromatic carbocycles. The minimum Gasteiger partial charge on any atom is -0.383 e. The van der Waals surface area contributed by atoms with Crippen LogP contribution in [0, 0.1) is 0 Å². The van der Waals surface area contributed by atoms with E-state index < -0.39 is 0 Å². The Labute approximate surface area is 150 Å². The van der Waals surface area contributed by atoms with Crippen molar-refractivity contribution in [3.63, 3.8) is 0 Å². The minimum atomic E-state index is 0.463. The Kier molecular flexibility index (Phi) is 3.35. The van der Waals surface area contributed by atoms with Crippen LogP contribution in [-0.2, 0) is 0 Å². The van der Waals surface area contributed by atoms with Gasteiger partial charge in [0.1, 0.15) is 5.82 Å². The second-order valence-corrected chi connectivity index (χ2v) is 6.51. The summed E-state index contributed by atoms with van der Waals surface area (Å²) < 4.78 is 1.73. The lowest BCUT2D eigenvalue weighted by Crippen LogP contribution is -2.06. The summed E-state index contributed by atoms with van der Waals surface area (Å²) in [4.78, 5) is 9.38. The maximum absolute atomic E-state index is 6.47. The fraction of sp³-hybridized carbons (Fsp3) is 0.150. The molecule has 6 nitrogen and oxygen atoms in total. The molecule has 0 spiro atoms. The van der Waals surface area contributed by atoms with Crippen LogP contribution in [0.4, 0.5) is 11.8 Å². The van der Waals surface area contributed by atoms with E-state index in [-0.39, 0.29) is 0 Å². The minimum absolute atomic E-state index is 0.463. The summed E-state index contributed by atoms with van der Waals surface area (Å²) in [5.74, 6) is 1.15. The molecule has 0 atom stereocenters. The van der Waals surface area contributed by atoms with E-state index in [1.807, 2.05) is 60.7 Å². The highest BCUT2D eigenvalue weighted by Crippen LogP contribution is 2.33. The van der Waals surface area contributed by atoms with Crippen molar-refractivity contribution in [3.05, 3.63) is 60.7 Å². The molecule has 3 N–H and O–H groups in total. The molecule has 1 saturated carbocycles. The molecule has 1 aliphatic carbocycles. The largest absolute Gasteiger partial charge is 0.383 e. The standard InChI is InChI=1S/C20H18N6/c21-18-16-17(13-7-3-1-4-8-13)23-20(22-14-11-12-14)24-19(16)25-26(18)15-9-5-2-6-10-15/h1-10,14H,11-12,21H2,(H,22,24,25). The molecule has 0 saturated heterocycles. The van der Waals surface area contributed by atoms with Crippen LogP contribution in [0.2, 0.25) is 0 Å². The van der Waals surface area contributed by atoms with Crippen LogP contribution in [0.5, 0.6) is 0 Å². The van der Waals surface area contributed by atoms with Crippen molar-refractivity contribution in [1.82, 2.24) is 19.7 Å². The van der Waals surface area contributed by atoms with Crippen LogP contribution >= 0.6 is 0 Å². The molecule has 6 heteroatoms. The number of nitrogens with two attached hydrogens (primary N) is 1. The van der Waals surface area contributed by atoms with Gasteiger partial charge in [0.05, 0.1) is 16.8 Å². The third-order valence-corrected chi connectivity index (χ3v) is 4.53. The normalized spacial score (nSPS) is 13.8. The van der Waals surface area contributed by atoms with E-state index in [9.17, 15) is 0 Å². The van der Waals surface area contributed by atoms with E-state index >= 15 is 0 Å². The summed E-state index contributed by atoms with van der Waals surface area (Å²) in [6.07, 6.45) is 2.31. The Morgan fingerprint density at radius 3 is 2.31 bits per heavy atom. The molecule has 5 rings (SSSR count). The van der Waals surface area contributed by atoms with Gasteiger partial charge in [-0.3, -0.25) is 0 Å². The number of nitrogen functional groups attached to an aromatic ring is 1. The first-order valence-corrected chi connectivity index (χ1v) is 8.73. The molecule has 128 valence electrons. The highest BCUT2D eigenvalue weighted by Gasteiger charge is 2.24. The van der Waals surface area contributed by atoms with E-state index in [2.05, 4.69) is 15.4 Å². The van der Waals surface area contributed by atoms with Crippen LogP contribution in [0.1, 0.15) is 12.8 Å². The van der Waals surface area contributed by atoms with E-state index in [0.717, 1.165) is 35.2 Å². The number of benzene rings is 2. The summed E-state index contributed by atoms with van der Waals surface area (Å²) in [7, 11) is 0. The van der Waals surface area contributed by atoms with Crippen molar-refractivity contribution in [2.75, 3.05) is 11.1 Å². The van der Waals surface area contributed by atoms with Gasteiger partial charge in [0.25, 0.3) is 0 Å². The van der Waals surface area contributed by atoms with Gasteiger partial charge in [-0.2, -0.15) is 4.98 Å². The zero-order valence-electron chi connectivity index (χ0n) is 14.1. The Bertz CT molecular complexity index is 1070. The van der Waals surface area contributed by atoms with Crippen molar-refractivity contribution in [3.8, 4) is 16.9 Å². The van der Waals surface area contributed by atoms with Crippen molar-refractivity contribution in [2.24, 2.45) is 0 Å². The molecule has 2 heterocycles. The molecule has 4 aromatic rings. The first kappa shape index (κ1) is 14.9. The lowest BCUT2D eigenvalue weighted by molar-refractivity contribution is 0.899. The smallest absolute Gasteiger partial charge is 0.225 e. The Balaban J connectivity index is 1.75. The van der Waals surface area contributed by atoms with E-state index in [1.165, 1.54) is 0 Å². The van der Waals surface area contributed by atoms with Crippen LogP contribution in [0.25, 0.3) is 28.0 Å². The topological polar surface area (TPSA) is 81.7 Å². The first-order valence-electron chi connectivity index (χ1n) is 8.73. The maximum atomic E-state index is 6.47. The molecule has 2 aromatic heterocycles. The molecule has 0 unspecified atom stereocenters. The van der Waals surface area contributed by atoms with E-state index in [1.54, 1.807) is 4.68 Å². The lowest BCUT2D eigenvalue weighted by atomic mass is 10.1. The quantitative estimate of drug-likeness (QED) is 0.592.